The van der Waals surface area contributed by atoms with E-state index in [2.05, 4.69) is 26.2 Å². The van der Waals surface area contributed by atoms with E-state index in [0.717, 1.165) is 15.8 Å². The molecule has 3 rings (SSSR count). The van der Waals surface area contributed by atoms with Crippen molar-refractivity contribution in [3.05, 3.63) is 62.4 Å². The van der Waals surface area contributed by atoms with E-state index >= 15 is 0 Å². The first-order valence-electron chi connectivity index (χ1n) is 6.92. The first-order valence-corrected chi connectivity index (χ1v) is 8.47. The van der Waals surface area contributed by atoms with Crippen LogP contribution in [-0.2, 0) is 6.42 Å². The molecule has 3 aromatic rings. The zero-order valence-electron chi connectivity index (χ0n) is 12.1. The number of nitrogens with one attached hydrogen (secondary N) is 1. The molecule has 0 unspecified atom stereocenters. The molecular formula is C16H12BrCl2N3O. The lowest BCUT2D eigenvalue weighted by molar-refractivity contribution is 0.102. The Labute approximate surface area is 151 Å². The predicted molar refractivity (Wildman–Crippen MR) is 96.7 cm³/mol. The largest absolute Gasteiger partial charge is 0.321 e. The number of halogens is 3. The number of aromatic nitrogens is 2. The molecule has 23 heavy (non-hydrogen) atoms. The van der Waals surface area contributed by atoms with Gasteiger partial charge in [0.05, 0.1) is 15.7 Å². The summed E-state index contributed by atoms with van der Waals surface area (Å²) in [6.45, 7) is 1.97. The van der Waals surface area contributed by atoms with Gasteiger partial charge >= 0.3 is 0 Å². The number of imidazole rings is 1. The number of pyridine rings is 1. The van der Waals surface area contributed by atoms with E-state index in [1.54, 1.807) is 22.6 Å². The van der Waals surface area contributed by atoms with Gasteiger partial charge in [0.25, 0.3) is 5.91 Å². The number of aryl methyl sites for hydroxylation is 1. The zero-order chi connectivity index (χ0) is 16.6. The van der Waals surface area contributed by atoms with Crippen molar-refractivity contribution in [3.63, 3.8) is 0 Å². The van der Waals surface area contributed by atoms with Crippen LogP contribution in [0.15, 0.2) is 41.0 Å². The van der Waals surface area contributed by atoms with Gasteiger partial charge in [0.15, 0.2) is 0 Å². The smallest absolute Gasteiger partial charge is 0.274 e. The monoisotopic (exact) mass is 411 g/mol. The highest BCUT2D eigenvalue weighted by Crippen LogP contribution is 2.26. The molecule has 0 aliphatic rings. The third-order valence-electron chi connectivity index (χ3n) is 3.38. The van der Waals surface area contributed by atoms with Gasteiger partial charge in [-0.05, 0) is 52.7 Å². The van der Waals surface area contributed by atoms with Crippen LogP contribution in [0.5, 0.6) is 0 Å². The van der Waals surface area contributed by atoms with Crippen molar-refractivity contribution in [2.45, 2.75) is 13.3 Å². The summed E-state index contributed by atoms with van der Waals surface area (Å²) >= 11 is 15.3. The molecule has 2 aromatic heterocycles. The van der Waals surface area contributed by atoms with E-state index in [1.807, 2.05) is 25.3 Å². The van der Waals surface area contributed by atoms with E-state index in [-0.39, 0.29) is 5.91 Å². The van der Waals surface area contributed by atoms with E-state index in [9.17, 15) is 4.79 Å². The summed E-state index contributed by atoms with van der Waals surface area (Å²) in [6.07, 6.45) is 2.48. The predicted octanol–water partition coefficient (Wildman–Crippen LogP) is 5.22. The Morgan fingerprint density at radius 1 is 1.26 bits per heavy atom. The van der Waals surface area contributed by atoms with Gasteiger partial charge in [-0.25, -0.2) is 4.98 Å². The molecule has 0 bridgehead atoms. The van der Waals surface area contributed by atoms with E-state index < -0.39 is 0 Å². The molecule has 0 saturated heterocycles. The van der Waals surface area contributed by atoms with Gasteiger partial charge in [-0.15, -0.1) is 0 Å². The minimum atomic E-state index is -0.245. The topological polar surface area (TPSA) is 46.4 Å². The number of nitrogens with zero attached hydrogens (tertiary/aromatic N) is 2. The molecular weight excluding hydrogens is 401 g/mol. The average Bonchev–Trinajstić information content (AvgIpc) is 2.88. The number of amides is 1. The molecule has 0 saturated carbocycles. The van der Waals surface area contributed by atoms with Gasteiger partial charge < -0.3 is 5.32 Å². The highest BCUT2D eigenvalue weighted by atomic mass is 79.9. The third kappa shape index (κ3) is 3.22. The molecule has 0 fully saturated rings. The fourth-order valence-electron chi connectivity index (χ4n) is 2.32. The fourth-order valence-corrected chi connectivity index (χ4v) is 2.95. The highest BCUT2D eigenvalue weighted by Gasteiger charge is 2.18. The first kappa shape index (κ1) is 16.3. The molecule has 1 amide bonds. The molecule has 0 aliphatic carbocycles. The Morgan fingerprint density at radius 2 is 2.04 bits per heavy atom. The second-order valence-corrected chi connectivity index (χ2v) is 6.65. The quantitative estimate of drug-likeness (QED) is 0.641. The lowest BCUT2D eigenvalue weighted by atomic mass is 10.2. The van der Waals surface area contributed by atoms with Crippen LogP contribution in [0, 0.1) is 0 Å². The van der Waals surface area contributed by atoms with Gasteiger partial charge in [-0.2, -0.15) is 0 Å². The summed E-state index contributed by atoms with van der Waals surface area (Å²) in [5.41, 5.74) is 2.55. The van der Waals surface area contributed by atoms with E-state index in [4.69, 9.17) is 23.2 Å². The summed E-state index contributed by atoms with van der Waals surface area (Å²) < 4.78 is 2.64. The Morgan fingerprint density at radius 3 is 2.74 bits per heavy atom. The standard InChI is InChI=1S/C16H12BrCl2N3O/c1-2-13-15(22-8-9(17)3-6-14(22)21-13)16(23)20-10-4-5-11(18)12(19)7-10/h3-8H,2H2,1H3,(H,20,23). The molecule has 0 aliphatic heterocycles. The van der Waals surface area contributed by atoms with E-state index in [1.165, 1.54) is 0 Å². The maximum atomic E-state index is 12.7. The molecule has 0 radical (unpaired) electrons. The Kier molecular flexibility index (Phi) is 4.62. The van der Waals surface area contributed by atoms with Gasteiger partial charge in [0, 0.05) is 16.4 Å². The number of hydrogen-bond acceptors (Lipinski definition) is 2. The van der Waals surface area contributed by atoms with Crippen molar-refractivity contribution in [2.24, 2.45) is 0 Å². The SMILES string of the molecule is CCc1nc2ccc(Br)cn2c1C(=O)Nc1ccc(Cl)c(Cl)c1. The molecule has 1 aromatic carbocycles. The van der Waals surface area contributed by atoms with Crippen molar-refractivity contribution in [1.82, 2.24) is 9.38 Å². The minimum Gasteiger partial charge on any atom is -0.321 e. The number of anilines is 1. The zero-order valence-corrected chi connectivity index (χ0v) is 15.2. The first-order chi connectivity index (χ1) is 11.0. The molecule has 4 nitrogen and oxygen atoms in total. The minimum absolute atomic E-state index is 0.245. The van der Waals surface area contributed by atoms with Crippen LogP contribution < -0.4 is 5.32 Å². The van der Waals surface area contributed by atoms with Crippen molar-refractivity contribution >= 4 is 56.4 Å². The summed E-state index contributed by atoms with van der Waals surface area (Å²) in [5, 5.41) is 3.67. The van der Waals surface area contributed by atoms with Crippen LogP contribution >= 0.6 is 39.1 Å². The summed E-state index contributed by atoms with van der Waals surface area (Å²) in [7, 11) is 0. The highest BCUT2D eigenvalue weighted by molar-refractivity contribution is 9.10. The molecule has 0 atom stereocenters. The van der Waals surface area contributed by atoms with Crippen LogP contribution in [-0.4, -0.2) is 15.3 Å². The van der Waals surface area contributed by atoms with Crippen LogP contribution in [0.2, 0.25) is 10.0 Å². The number of carbonyl (C=O) groups is 1. The third-order valence-corrected chi connectivity index (χ3v) is 4.59. The summed E-state index contributed by atoms with van der Waals surface area (Å²) in [5.74, 6) is -0.245. The number of carbonyl (C=O) groups excluding carboxylic acids is 1. The van der Waals surface area contributed by atoms with Crippen LogP contribution in [0.3, 0.4) is 0 Å². The van der Waals surface area contributed by atoms with Crippen LogP contribution in [0.25, 0.3) is 5.65 Å². The average molecular weight is 413 g/mol. The van der Waals surface area contributed by atoms with Crippen molar-refractivity contribution < 1.29 is 4.79 Å². The number of fused-ring (bicyclic) bond motifs is 1. The number of rotatable bonds is 3. The number of benzene rings is 1. The second-order valence-electron chi connectivity index (χ2n) is 4.92. The maximum Gasteiger partial charge on any atom is 0.274 e. The molecule has 7 heteroatoms. The molecule has 0 spiro atoms. The lowest BCUT2D eigenvalue weighted by Gasteiger charge is -2.08. The molecule has 2 heterocycles. The van der Waals surface area contributed by atoms with Gasteiger partial charge in [0.1, 0.15) is 11.3 Å². The summed E-state index contributed by atoms with van der Waals surface area (Å²) in [4.78, 5) is 17.2. The Bertz CT molecular complexity index is 908. The van der Waals surface area contributed by atoms with Crippen LogP contribution in [0.1, 0.15) is 23.1 Å². The van der Waals surface area contributed by atoms with Crippen LogP contribution in [0.4, 0.5) is 5.69 Å². The molecule has 118 valence electrons. The van der Waals surface area contributed by atoms with Gasteiger partial charge in [-0.3, -0.25) is 9.20 Å². The second kappa shape index (κ2) is 6.51. The summed E-state index contributed by atoms with van der Waals surface area (Å²) in [6, 6.07) is 8.72. The lowest BCUT2D eigenvalue weighted by Crippen LogP contribution is -2.16. The molecule has 1 N–H and O–H groups in total. The van der Waals surface area contributed by atoms with Gasteiger partial charge in [-0.1, -0.05) is 30.1 Å². The number of hydrogen-bond donors (Lipinski definition) is 1. The Hall–Kier alpha value is -1.56. The Balaban J connectivity index is 2.02. The fraction of sp³-hybridized carbons (Fsp3) is 0.125. The van der Waals surface area contributed by atoms with Gasteiger partial charge in [0.2, 0.25) is 0 Å². The normalized spacial score (nSPS) is 11.0. The van der Waals surface area contributed by atoms with E-state index in [0.29, 0.717) is 27.8 Å². The van der Waals surface area contributed by atoms with Crippen molar-refractivity contribution in [1.29, 1.82) is 0 Å². The van der Waals surface area contributed by atoms with Crippen molar-refractivity contribution in [3.8, 4) is 0 Å². The van der Waals surface area contributed by atoms with Crippen molar-refractivity contribution in [2.75, 3.05) is 5.32 Å². The maximum absolute atomic E-state index is 12.7.